The molecule has 2 aromatic carbocycles. The Balaban J connectivity index is 1.35. The highest BCUT2D eigenvalue weighted by atomic mass is 32.2. The van der Waals surface area contributed by atoms with E-state index in [-0.39, 0.29) is 28.5 Å². The number of amides is 1. The molecule has 0 bridgehead atoms. The Labute approximate surface area is 292 Å². The van der Waals surface area contributed by atoms with Crippen molar-refractivity contribution in [2.45, 2.75) is 84.7 Å². The summed E-state index contributed by atoms with van der Waals surface area (Å²) in [6, 6.07) is 14.5. The average molecular weight is 709 g/mol. The van der Waals surface area contributed by atoms with Gasteiger partial charge in [-0.25, -0.2) is 32.6 Å². The quantitative estimate of drug-likeness (QED) is 0.177. The van der Waals surface area contributed by atoms with Gasteiger partial charge in [0.1, 0.15) is 5.60 Å². The summed E-state index contributed by atoms with van der Waals surface area (Å²) in [5.74, 6) is -0.0947. The van der Waals surface area contributed by atoms with E-state index in [1.807, 2.05) is 53.7 Å². The van der Waals surface area contributed by atoms with Crippen molar-refractivity contribution in [1.29, 1.82) is 0 Å². The van der Waals surface area contributed by atoms with E-state index in [2.05, 4.69) is 27.2 Å². The van der Waals surface area contributed by atoms with E-state index in [1.54, 1.807) is 36.2 Å². The fraction of sp³-hybridized carbons (Fsp3) is 0.444. The summed E-state index contributed by atoms with van der Waals surface area (Å²) in [4.78, 5) is 29.0. The summed E-state index contributed by atoms with van der Waals surface area (Å²) in [7, 11) is -3.70. The van der Waals surface area contributed by atoms with Gasteiger partial charge in [0.25, 0.3) is 0 Å². The second kappa shape index (κ2) is 14.4. The highest BCUT2D eigenvalue weighted by molar-refractivity contribution is 7.92. The molecule has 4 aromatic rings. The molecule has 1 amide bonds. The first-order valence-electron chi connectivity index (χ1n) is 16.5. The maximum absolute atomic E-state index is 15.9. The first kappa shape index (κ1) is 36.2. The predicted molar refractivity (Wildman–Crippen MR) is 194 cm³/mol. The topological polar surface area (TPSA) is 126 Å². The van der Waals surface area contributed by atoms with Crippen LogP contribution < -0.4 is 10.0 Å². The standard InChI is InChI=1S/C36H45FN6O4S2/c1-8-22-49(45,46)42-27-11-9-10-26(29(27)37)30-31(48-32(41-30)35(2,3)4)28-16-19-38-33(40-28)39-25-14-12-23(13-15-25)24-17-20-43(21-18-24)34(44)47-36(5,6)7/h9-16,19,24,42H,8,17-18,20-22H2,1-7H3,(H,38,39,40). The van der Waals surface area contributed by atoms with Crippen molar-refractivity contribution in [3.05, 3.63) is 71.1 Å². The van der Waals surface area contributed by atoms with Crippen LogP contribution >= 0.6 is 11.3 Å². The van der Waals surface area contributed by atoms with Crippen LogP contribution in [0.15, 0.2) is 54.7 Å². The van der Waals surface area contributed by atoms with Gasteiger partial charge in [-0.1, -0.05) is 45.9 Å². The average Bonchev–Trinajstić information content (AvgIpc) is 3.48. The van der Waals surface area contributed by atoms with Crippen molar-refractivity contribution >= 4 is 44.8 Å². The highest BCUT2D eigenvalue weighted by Crippen LogP contribution is 2.42. The molecule has 3 heterocycles. The number of ether oxygens (including phenoxy) is 1. The van der Waals surface area contributed by atoms with Crippen LogP contribution in [-0.4, -0.2) is 58.8 Å². The van der Waals surface area contributed by atoms with Gasteiger partial charge in [-0.3, -0.25) is 4.72 Å². The number of nitrogens with zero attached hydrogens (tertiary/aromatic N) is 4. The molecule has 2 N–H and O–H groups in total. The molecule has 262 valence electrons. The Morgan fingerprint density at radius 2 is 1.71 bits per heavy atom. The number of halogens is 1. The van der Waals surface area contributed by atoms with Gasteiger partial charge < -0.3 is 15.0 Å². The molecule has 1 aliphatic heterocycles. The molecule has 13 heteroatoms. The number of aromatic nitrogens is 3. The lowest BCUT2D eigenvalue weighted by molar-refractivity contribution is 0.0205. The van der Waals surface area contributed by atoms with Crippen molar-refractivity contribution in [1.82, 2.24) is 19.9 Å². The lowest BCUT2D eigenvalue weighted by Crippen LogP contribution is -2.41. The van der Waals surface area contributed by atoms with Gasteiger partial charge in [0, 0.05) is 36.0 Å². The number of thiazole rings is 1. The fourth-order valence-corrected chi connectivity index (χ4v) is 7.75. The Morgan fingerprint density at radius 1 is 1.02 bits per heavy atom. The fourth-order valence-electron chi connectivity index (χ4n) is 5.51. The van der Waals surface area contributed by atoms with Crippen LogP contribution in [0, 0.1) is 5.82 Å². The maximum Gasteiger partial charge on any atom is 0.410 e. The third-order valence-electron chi connectivity index (χ3n) is 7.93. The molecule has 0 atom stereocenters. The highest BCUT2D eigenvalue weighted by Gasteiger charge is 2.28. The molecule has 0 radical (unpaired) electrons. The minimum atomic E-state index is -3.70. The van der Waals surface area contributed by atoms with Crippen LogP contribution in [0.3, 0.4) is 0 Å². The summed E-state index contributed by atoms with van der Waals surface area (Å²) in [6.07, 6.45) is 3.51. The lowest BCUT2D eigenvalue weighted by atomic mass is 9.89. The number of carbonyl (C=O) groups is 1. The number of likely N-dealkylation sites (tertiary alicyclic amines) is 1. The molecule has 49 heavy (non-hydrogen) atoms. The Kier molecular flexibility index (Phi) is 10.6. The second-order valence-electron chi connectivity index (χ2n) is 14.3. The SMILES string of the molecule is CCCS(=O)(=O)Nc1cccc(-c2nc(C(C)(C)C)sc2-c2ccnc(Nc3ccc(C4CCN(C(=O)OC(C)(C)C)CC4)cc3)n2)c1F. The third-order valence-corrected chi connectivity index (χ3v) is 10.9. The van der Waals surface area contributed by atoms with Crippen LogP contribution in [0.1, 0.15) is 84.2 Å². The number of anilines is 3. The van der Waals surface area contributed by atoms with E-state index in [0.29, 0.717) is 47.6 Å². The zero-order valence-electron chi connectivity index (χ0n) is 29.1. The normalized spacial score (nSPS) is 14.5. The van der Waals surface area contributed by atoms with E-state index in [0.717, 1.165) is 23.5 Å². The van der Waals surface area contributed by atoms with Gasteiger partial charge in [-0.15, -0.1) is 11.3 Å². The lowest BCUT2D eigenvalue weighted by Gasteiger charge is -2.33. The Hall–Kier alpha value is -4.10. The van der Waals surface area contributed by atoms with E-state index < -0.39 is 21.4 Å². The molecule has 0 unspecified atom stereocenters. The summed E-state index contributed by atoms with van der Waals surface area (Å²) in [5, 5.41) is 4.07. The molecule has 0 saturated carbocycles. The van der Waals surface area contributed by atoms with Crippen LogP contribution in [-0.2, 0) is 20.2 Å². The molecular weight excluding hydrogens is 664 g/mol. The third kappa shape index (κ3) is 9.13. The molecule has 10 nitrogen and oxygen atoms in total. The molecule has 0 spiro atoms. The number of nitrogens with one attached hydrogen (secondary N) is 2. The van der Waals surface area contributed by atoms with Gasteiger partial charge in [0.05, 0.1) is 32.7 Å². The number of sulfonamides is 1. The molecule has 0 aliphatic carbocycles. The molecule has 1 saturated heterocycles. The minimum Gasteiger partial charge on any atom is -0.444 e. The van der Waals surface area contributed by atoms with Gasteiger partial charge in [-0.2, -0.15) is 0 Å². The molecule has 2 aromatic heterocycles. The number of piperidine rings is 1. The molecular formula is C36H45FN6O4S2. The largest absolute Gasteiger partial charge is 0.444 e. The smallest absolute Gasteiger partial charge is 0.410 e. The summed E-state index contributed by atoms with van der Waals surface area (Å²) in [6.45, 7) is 14.8. The van der Waals surface area contributed by atoms with Crippen molar-refractivity contribution in [2.75, 3.05) is 28.9 Å². The van der Waals surface area contributed by atoms with Crippen molar-refractivity contribution in [2.24, 2.45) is 0 Å². The Bertz CT molecular complexity index is 1890. The first-order valence-corrected chi connectivity index (χ1v) is 19.0. The number of hydrogen-bond acceptors (Lipinski definition) is 9. The summed E-state index contributed by atoms with van der Waals surface area (Å²) >= 11 is 1.42. The van der Waals surface area contributed by atoms with E-state index in [9.17, 15) is 13.2 Å². The summed E-state index contributed by atoms with van der Waals surface area (Å²) in [5.41, 5.74) is 2.18. The second-order valence-corrected chi connectivity index (χ2v) is 17.1. The van der Waals surface area contributed by atoms with Gasteiger partial charge >= 0.3 is 6.09 Å². The monoisotopic (exact) mass is 708 g/mol. The van der Waals surface area contributed by atoms with E-state index in [1.165, 1.54) is 23.0 Å². The maximum atomic E-state index is 15.9. The van der Waals surface area contributed by atoms with Crippen LogP contribution in [0.2, 0.25) is 0 Å². The van der Waals surface area contributed by atoms with Gasteiger partial charge in [0.2, 0.25) is 16.0 Å². The molecule has 1 fully saturated rings. The number of hydrogen-bond donors (Lipinski definition) is 2. The Morgan fingerprint density at radius 3 is 2.35 bits per heavy atom. The first-order chi connectivity index (χ1) is 23.0. The zero-order valence-corrected chi connectivity index (χ0v) is 30.8. The molecule has 1 aliphatic rings. The number of benzene rings is 2. The summed E-state index contributed by atoms with van der Waals surface area (Å²) < 4.78 is 48.8. The van der Waals surface area contributed by atoms with Gasteiger partial charge in [0.15, 0.2) is 5.82 Å². The van der Waals surface area contributed by atoms with Crippen LogP contribution in [0.25, 0.3) is 21.8 Å². The molecule has 5 rings (SSSR count). The van der Waals surface area contributed by atoms with Crippen molar-refractivity contribution < 1.29 is 22.3 Å². The van der Waals surface area contributed by atoms with E-state index >= 15 is 4.39 Å². The van der Waals surface area contributed by atoms with Gasteiger partial charge in [-0.05, 0) is 81.8 Å². The predicted octanol–water partition coefficient (Wildman–Crippen LogP) is 8.71. The number of carbonyl (C=O) groups excluding carboxylic acids is 1. The van der Waals surface area contributed by atoms with Crippen LogP contribution in [0.5, 0.6) is 0 Å². The van der Waals surface area contributed by atoms with Crippen LogP contribution in [0.4, 0.5) is 26.5 Å². The van der Waals surface area contributed by atoms with E-state index in [4.69, 9.17) is 14.7 Å². The number of rotatable bonds is 9. The minimum absolute atomic E-state index is 0.110. The van der Waals surface area contributed by atoms with Crippen molar-refractivity contribution in [3.63, 3.8) is 0 Å². The van der Waals surface area contributed by atoms with Crippen molar-refractivity contribution in [3.8, 4) is 21.8 Å². The zero-order chi connectivity index (χ0) is 35.6.